The van der Waals surface area contributed by atoms with E-state index in [2.05, 4.69) is 5.32 Å². The summed E-state index contributed by atoms with van der Waals surface area (Å²) in [6, 6.07) is 16.2. The summed E-state index contributed by atoms with van der Waals surface area (Å²) in [5.41, 5.74) is 13.9. The topological polar surface area (TPSA) is 140 Å². The number of ether oxygens (including phenoxy) is 2. The number of benzene rings is 3. The largest absolute Gasteiger partial charge is 0.496 e. The Balaban J connectivity index is 1.22. The molecule has 1 saturated heterocycles. The number of fused-ring (bicyclic) bond motifs is 1. The van der Waals surface area contributed by atoms with Gasteiger partial charge in [-0.3, -0.25) is 9.59 Å². The number of nitrogens with zero attached hydrogens (tertiary/aromatic N) is 2. The number of carbonyl (C=O) groups is 3. The molecule has 0 radical (unpaired) electrons. The summed E-state index contributed by atoms with van der Waals surface area (Å²) in [6.45, 7) is 0.860. The fourth-order valence-corrected chi connectivity index (χ4v) is 8.53. The molecule has 0 aromatic heterocycles. The third kappa shape index (κ3) is 9.26. The molecule has 2 amide bonds. The average molecular weight is 732 g/mol. The summed E-state index contributed by atoms with van der Waals surface area (Å²) < 4.78 is 11.4. The number of methoxy groups -OCH3 is 1. The third-order valence-electron chi connectivity index (χ3n) is 11.4. The summed E-state index contributed by atoms with van der Waals surface area (Å²) in [5.74, 6) is 1.24. The van der Waals surface area contributed by atoms with E-state index in [1.54, 1.807) is 18.1 Å². The van der Waals surface area contributed by atoms with Gasteiger partial charge in [-0.05, 0) is 67.5 Å². The Morgan fingerprint density at radius 3 is 2.46 bits per heavy atom. The van der Waals surface area contributed by atoms with E-state index in [1.165, 1.54) is 24.2 Å². The quantitative estimate of drug-likeness (QED) is 0.195. The van der Waals surface area contributed by atoms with Crippen molar-refractivity contribution in [2.24, 2.45) is 17.4 Å². The molecule has 52 heavy (non-hydrogen) atoms. The number of amides is 2. The number of hydrogen-bond donors (Lipinski definition) is 3. The Morgan fingerprint density at radius 2 is 1.71 bits per heavy atom. The van der Waals surface area contributed by atoms with Crippen molar-refractivity contribution in [2.45, 2.75) is 108 Å². The maximum Gasteiger partial charge on any atom is 0.415 e. The molecule has 280 valence electrons. The van der Waals surface area contributed by atoms with Crippen molar-refractivity contribution < 1.29 is 23.9 Å². The molecular formula is C41H54ClN5O5. The highest BCUT2D eigenvalue weighted by molar-refractivity contribution is 6.37. The summed E-state index contributed by atoms with van der Waals surface area (Å²) in [4.78, 5) is 45.9. The van der Waals surface area contributed by atoms with Crippen LogP contribution in [0.25, 0.3) is 10.8 Å². The van der Waals surface area contributed by atoms with Crippen LogP contribution in [-0.4, -0.2) is 78.5 Å². The van der Waals surface area contributed by atoms with Crippen LogP contribution in [0.4, 0.5) is 4.79 Å². The van der Waals surface area contributed by atoms with E-state index >= 15 is 0 Å². The van der Waals surface area contributed by atoms with E-state index in [0.717, 1.165) is 66.8 Å². The molecule has 0 unspecified atom stereocenters. The van der Waals surface area contributed by atoms with Crippen LogP contribution in [0.15, 0.2) is 54.6 Å². The van der Waals surface area contributed by atoms with Crippen LogP contribution >= 0.6 is 11.6 Å². The first-order chi connectivity index (χ1) is 25.2. The Hall–Kier alpha value is -3.70. The SMILES string of the molecule is COc1cc(CCC(=O)[C@@H]2CN(C(=O)Oc3ccc4ccccc4c3Cl)CCN2C(=O)[C@@H](CC2CCCCC2)NC2CCC(N)CC2)ccc1CN. The lowest BCUT2D eigenvalue weighted by Gasteiger charge is -2.43. The molecule has 2 aliphatic carbocycles. The van der Waals surface area contributed by atoms with Crippen LogP contribution in [-0.2, 0) is 22.6 Å². The highest BCUT2D eigenvalue weighted by atomic mass is 35.5. The number of halogens is 1. The number of Topliss-reactive ketones (excluding diaryl/α,β-unsaturated/α-hetero) is 1. The Kier molecular flexibility index (Phi) is 13.1. The number of aryl methyl sites for hydroxylation is 1. The van der Waals surface area contributed by atoms with Crippen molar-refractivity contribution in [3.8, 4) is 11.5 Å². The summed E-state index contributed by atoms with van der Waals surface area (Å²) >= 11 is 6.68. The minimum Gasteiger partial charge on any atom is -0.496 e. The third-order valence-corrected chi connectivity index (χ3v) is 11.7. The Labute approximate surface area is 312 Å². The maximum atomic E-state index is 14.7. The van der Waals surface area contributed by atoms with Gasteiger partial charge in [0.05, 0.1) is 24.7 Å². The lowest BCUT2D eigenvalue weighted by atomic mass is 9.83. The fraction of sp³-hybridized carbons (Fsp3) is 0.537. The molecule has 3 aromatic carbocycles. The number of piperazine rings is 1. The molecule has 10 nitrogen and oxygen atoms in total. The van der Waals surface area contributed by atoms with Gasteiger partial charge >= 0.3 is 6.09 Å². The molecule has 0 bridgehead atoms. The van der Waals surface area contributed by atoms with Gasteiger partial charge in [-0.2, -0.15) is 0 Å². The molecule has 2 atom stereocenters. The van der Waals surface area contributed by atoms with Crippen LogP contribution in [0.2, 0.25) is 5.02 Å². The fourth-order valence-electron chi connectivity index (χ4n) is 8.25. The minimum absolute atomic E-state index is 0.0401. The summed E-state index contributed by atoms with van der Waals surface area (Å²) in [7, 11) is 1.60. The first-order valence-electron chi connectivity index (χ1n) is 19.1. The van der Waals surface area contributed by atoms with Gasteiger partial charge in [0.15, 0.2) is 11.5 Å². The van der Waals surface area contributed by atoms with Gasteiger partial charge < -0.3 is 36.1 Å². The Morgan fingerprint density at radius 1 is 0.942 bits per heavy atom. The zero-order chi connectivity index (χ0) is 36.6. The zero-order valence-corrected chi connectivity index (χ0v) is 31.1. The van der Waals surface area contributed by atoms with Gasteiger partial charge in [-0.25, -0.2) is 4.79 Å². The van der Waals surface area contributed by atoms with Crippen LogP contribution in [0.3, 0.4) is 0 Å². The summed E-state index contributed by atoms with van der Waals surface area (Å²) in [5, 5.41) is 5.82. The van der Waals surface area contributed by atoms with Gasteiger partial charge in [0.2, 0.25) is 5.91 Å². The number of nitrogens with two attached hydrogens (primary N) is 2. The number of nitrogens with one attached hydrogen (secondary N) is 1. The highest BCUT2D eigenvalue weighted by Gasteiger charge is 2.41. The van der Waals surface area contributed by atoms with E-state index in [9.17, 15) is 14.4 Å². The van der Waals surface area contributed by atoms with Crippen molar-refractivity contribution in [3.63, 3.8) is 0 Å². The molecule has 5 N–H and O–H groups in total. The van der Waals surface area contributed by atoms with Crippen molar-refractivity contribution in [1.29, 1.82) is 0 Å². The Bertz CT molecular complexity index is 1710. The second kappa shape index (κ2) is 17.9. The smallest absolute Gasteiger partial charge is 0.415 e. The van der Waals surface area contributed by atoms with Crippen molar-refractivity contribution in [3.05, 3.63) is 70.7 Å². The summed E-state index contributed by atoms with van der Waals surface area (Å²) in [6.07, 6.45) is 10.4. The van der Waals surface area contributed by atoms with E-state index in [0.29, 0.717) is 29.7 Å². The number of hydrogen-bond acceptors (Lipinski definition) is 8. The molecule has 3 aliphatic rings. The van der Waals surface area contributed by atoms with Crippen LogP contribution in [0.1, 0.15) is 81.8 Å². The second-order valence-corrected chi connectivity index (χ2v) is 15.2. The number of carbonyl (C=O) groups excluding carboxylic acids is 3. The van der Waals surface area contributed by atoms with Gasteiger partial charge in [0.1, 0.15) is 11.8 Å². The first-order valence-corrected chi connectivity index (χ1v) is 19.5. The average Bonchev–Trinajstić information content (AvgIpc) is 3.18. The molecule has 2 saturated carbocycles. The molecule has 3 aromatic rings. The van der Waals surface area contributed by atoms with Gasteiger partial charge in [0.25, 0.3) is 0 Å². The maximum absolute atomic E-state index is 14.7. The van der Waals surface area contributed by atoms with Crippen LogP contribution in [0.5, 0.6) is 11.5 Å². The minimum atomic E-state index is -0.818. The molecule has 6 rings (SSSR count). The molecule has 1 aliphatic heterocycles. The van der Waals surface area contributed by atoms with Gasteiger partial charge in [-0.1, -0.05) is 86.2 Å². The predicted molar refractivity (Wildman–Crippen MR) is 205 cm³/mol. The van der Waals surface area contributed by atoms with Gasteiger partial charge in [-0.15, -0.1) is 0 Å². The number of rotatable bonds is 12. The molecule has 3 fully saturated rings. The van der Waals surface area contributed by atoms with Crippen molar-refractivity contribution in [2.75, 3.05) is 26.7 Å². The van der Waals surface area contributed by atoms with E-state index in [-0.39, 0.29) is 55.6 Å². The molecule has 1 heterocycles. The van der Waals surface area contributed by atoms with E-state index < -0.39 is 18.2 Å². The van der Waals surface area contributed by atoms with Crippen LogP contribution < -0.4 is 26.3 Å². The molecule has 0 spiro atoms. The lowest BCUT2D eigenvalue weighted by Crippen LogP contribution is -2.63. The molecule has 11 heteroatoms. The van der Waals surface area contributed by atoms with Gasteiger partial charge in [0, 0.05) is 49.1 Å². The predicted octanol–water partition coefficient (Wildman–Crippen LogP) is 6.37. The monoisotopic (exact) mass is 731 g/mol. The van der Waals surface area contributed by atoms with Crippen molar-refractivity contribution >= 4 is 40.2 Å². The first kappa shape index (κ1) is 38.0. The second-order valence-electron chi connectivity index (χ2n) is 14.8. The van der Waals surface area contributed by atoms with Crippen LogP contribution in [0, 0.1) is 5.92 Å². The van der Waals surface area contributed by atoms with Crippen molar-refractivity contribution in [1.82, 2.24) is 15.1 Å². The highest BCUT2D eigenvalue weighted by Crippen LogP contribution is 2.34. The van der Waals surface area contributed by atoms with E-state index in [1.807, 2.05) is 48.5 Å². The van der Waals surface area contributed by atoms with E-state index in [4.69, 9.17) is 32.5 Å². The zero-order valence-electron chi connectivity index (χ0n) is 30.4. The molecular weight excluding hydrogens is 678 g/mol. The lowest BCUT2D eigenvalue weighted by molar-refractivity contribution is -0.145. The number of ketones is 1. The standard InChI is InChI=1S/C41H54ClN5O5/c1-51-38-24-28(11-13-30(38)25-43)12-19-36(48)35-26-46(41(50)52-37-20-14-29-9-5-6-10-33(29)39(37)42)21-22-47(35)40(49)34(23-27-7-3-2-4-8-27)45-32-17-15-31(44)16-18-32/h5-6,9-11,13-14,20,24,27,31-32,34-35,45H,2-4,7-8,12,15-19,21-23,25-26,43-44H2,1H3/t31?,32?,34-,35+/m1/s1. The normalized spacial score (nSPS) is 21.9.